The van der Waals surface area contributed by atoms with E-state index in [4.69, 9.17) is 20.0 Å². The van der Waals surface area contributed by atoms with Crippen LogP contribution in [0.15, 0.2) is 50.5 Å². The molecule has 0 spiro atoms. The van der Waals surface area contributed by atoms with E-state index in [1.54, 1.807) is 25.2 Å². The number of alkyl halides is 2. The number of hydrogen-bond acceptors (Lipinski definition) is 8. The number of aliphatic imine (C=N–C) groups is 1. The standard InChI is InChI=1S/C23H25F3N6O2S/c1-22(2)21(27)31-23(3,12-35(22)28-4)14-7-13(5-6-15(14)24)18-8-16(32-34-18)17-9-30-20(10-29-17)33-11-19(25)26/h5-10,19H,11-12H2,1-4H3,(H2,27,31)/t23-,35-/m0/s1. The van der Waals surface area contributed by atoms with Gasteiger partial charge in [0.05, 0.1) is 22.7 Å². The van der Waals surface area contributed by atoms with Crippen LogP contribution in [0.2, 0.25) is 0 Å². The summed E-state index contributed by atoms with van der Waals surface area (Å²) in [7, 11) is 1.29. The Bertz CT molecular complexity index is 1290. The van der Waals surface area contributed by atoms with Crippen LogP contribution in [0.3, 0.4) is 0 Å². The molecular formula is C23H25F3N6O2S. The molecule has 2 atom stereocenters. The lowest BCUT2D eigenvalue weighted by atomic mass is 9.91. The Labute approximate surface area is 202 Å². The summed E-state index contributed by atoms with van der Waals surface area (Å²) in [5.74, 6) is 0.914. The molecule has 12 heteroatoms. The van der Waals surface area contributed by atoms with Crippen LogP contribution >= 0.6 is 0 Å². The van der Waals surface area contributed by atoms with Crippen LogP contribution in [-0.4, -0.2) is 51.5 Å². The van der Waals surface area contributed by atoms with Gasteiger partial charge in [-0.05, 0) is 39.0 Å². The molecule has 1 aliphatic rings. The van der Waals surface area contributed by atoms with Crippen LogP contribution in [0, 0.1) is 5.82 Å². The minimum atomic E-state index is -2.61. The second kappa shape index (κ2) is 9.40. The van der Waals surface area contributed by atoms with E-state index in [0.29, 0.717) is 39.9 Å². The molecule has 2 N–H and O–H groups in total. The van der Waals surface area contributed by atoms with Crippen molar-refractivity contribution >= 4 is 16.5 Å². The molecule has 1 aliphatic heterocycles. The minimum Gasteiger partial charge on any atom is -0.470 e. The van der Waals surface area contributed by atoms with E-state index in [0.717, 1.165) is 0 Å². The summed E-state index contributed by atoms with van der Waals surface area (Å²) in [5.41, 5.74) is 7.10. The first-order valence-electron chi connectivity index (χ1n) is 10.7. The van der Waals surface area contributed by atoms with Gasteiger partial charge < -0.3 is 15.0 Å². The highest BCUT2D eigenvalue weighted by molar-refractivity contribution is 7.89. The quantitative estimate of drug-likeness (QED) is 0.531. The van der Waals surface area contributed by atoms with Gasteiger partial charge in [-0.25, -0.2) is 23.1 Å². The van der Waals surface area contributed by atoms with Crippen LogP contribution in [0.1, 0.15) is 26.3 Å². The Kier molecular flexibility index (Phi) is 6.67. The molecule has 1 aromatic carbocycles. The van der Waals surface area contributed by atoms with Crippen LogP contribution in [0.4, 0.5) is 13.2 Å². The molecule has 0 amide bonds. The molecule has 2 aromatic heterocycles. The number of amidine groups is 1. The molecule has 35 heavy (non-hydrogen) atoms. The van der Waals surface area contributed by atoms with Gasteiger partial charge in [-0.3, -0.25) is 9.36 Å². The number of ether oxygens (including phenoxy) is 1. The predicted octanol–water partition coefficient (Wildman–Crippen LogP) is 4.38. The average molecular weight is 507 g/mol. The molecule has 0 unspecified atom stereocenters. The normalized spacial score (nSPS) is 21.8. The maximum atomic E-state index is 15.0. The molecule has 0 bridgehead atoms. The topological polar surface area (TPSA) is 112 Å². The number of rotatable bonds is 6. The van der Waals surface area contributed by atoms with Crippen molar-refractivity contribution in [3.05, 3.63) is 48.0 Å². The largest absolute Gasteiger partial charge is 0.470 e. The van der Waals surface area contributed by atoms with Gasteiger partial charge >= 0.3 is 0 Å². The van der Waals surface area contributed by atoms with Crippen molar-refractivity contribution in [1.82, 2.24) is 15.1 Å². The number of nitrogens with two attached hydrogens (primary N) is 1. The molecular weight excluding hydrogens is 481 g/mol. The summed E-state index contributed by atoms with van der Waals surface area (Å²) in [6.45, 7) is 5.06. The Morgan fingerprint density at radius 3 is 2.60 bits per heavy atom. The Hall–Kier alpha value is -3.28. The highest BCUT2D eigenvalue weighted by atomic mass is 32.2. The lowest BCUT2D eigenvalue weighted by Crippen LogP contribution is -2.51. The van der Waals surface area contributed by atoms with E-state index >= 15 is 4.39 Å². The van der Waals surface area contributed by atoms with Crippen LogP contribution < -0.4 is 10.5 Å². The van der Waals surface area contributed by atoms with E-state index in [1.807, 2.05) is 20.8 Å². The highest BCUT2D eigenvalue weighted by Crippen LogP contribution is 2.38. The first-order valence-corrected chi connectivity index (χ1v) is 12.1. The third kappa shape index (κ3) is 4.93. The molecule has 0 radical (unpaired) electrons. The summed E-state index contributed by atoms with van der Waals surface area (Å²) in [6, 6.07) is 6.26. The van der Waals surface area contributed by atoms with Gasteiger partial charge in [0.1, 0.15) is 23.0 Å². The summed E-state index contributed by atoms with van der Waals surface area (Å²) >= 11 is 0. The van der Waals surface area contributed by atoms with Gasteiger partial charge in [0.25, 0.3) is 6.43 Å². The van der Waals surface area contributed by atoms with Crippen molar-refractivity contribution in [3.8, 4) is 28.6 Å². The second-order valence-electron chi connectivity index (χ2n) is 8.69. The van der Waals surface area contributed by atoms with Crippen LogP contribution in [0.25, 0.3) is 22.7 Å². The minimum absolute atomic E-state index is 0.0255. The molecule has 3 aromatic rings. The molecule has 3 heterocycles. The number of aromatic nitrogens is 3. The van der Waals surface area contributed by atoms with Gasteiger partial charge in [-0.15, -0.1) is 0 Å². The average Bonchev–Trinajstić information content (AvgIpc) is 3.31. The van der Waals surface area contributed by atoms with Crippen LogP contribution in [-0.2, 0) is 16.2 Å². The van der Waals surface area contributed by atoms with Crippen molar-refractivity contribution < 1.29 is 22.4 Å². The van der Waals surface area contributed by atoms with Gasteiger partial charge in [0.15, 0.2) is 12.4 Å². The zero-order valence-corrected chi connectivity index (χ0v) is 20.4. The highest BCUT2D eigenvalue weighted by Gasteiger charge is 2.42. The third-order valence-electron chi connectivity index (χ3n) is 5.80. The first-order chi connectivity index (χ1) is 16.5. The van der Waals surface area contributed by atoms with Crippen molar-refractivity contribution in [2.45, 2.75) is 37.5 Å². The van der Waals surface area contributed by atoms with Crippen molar-refractivity contribution in [3.63, 3.8) is 0 Å². The molecule has 0 saturated carbocycles. The van der Waals surface area contributed by atoms with Gasteiger partial charge in [0, 0.05) is 30.0 Å². The van der Waals surface area contributed by atoms with Crippen molar-refractivity contribution in [1.29, 1.82) is 0 Å². The smallest absolute Gasteiger partial charge is 0.272 e. The van der Waals surface area contributed by atoms with E-state index < -0.39 is 39.8 Å². The molecule has 4 rings (SSSR count). The monoisotopic (exact) mass is 506 g/mol. The lowest BCUT2D eigenvalue weighted by molar-refractivity contribution is 0.0794. The number of halogens is 3. The molecule has 8 nitrogen and oxygen atoms in total. The molecule has 0 saturated heterocycles. The van der Waals surface area contributed by atoms with E-state index in [9.17, 15) is 8.78 Å². The SMILES string of the molecule is CN=[S@]1C[C@@](C)(c2cc(-c3cc(-c4cnc(OCC(F)F)cn4)no3)ccc2F)N=C(N)C1(C)C. The fourth-order valence-corrected chi connectivity index (χ4v) is 5.71. The number of hydrogen-bond donors (Lipinski definition) is 1. The molecule has 0 fully saturated rings. The van der Waals surface area contributed by atoms with Crippen LogP contribution in [0.5, 0.6) is 5.88 Å². The molecule has 0 aliphatic carbocycles. The van der Waals surface area contributed by atoms with Crippen molar-refractivity contribution in [2.75, 3.05) is 19.4 Å². The van der Waals surface area contributed by atoms with Gasteiger partial charge in [-0.1, -0.05) is 15.8 Å². The zero-order valence-electron chi connectivity index (χ0n) is 19.6. The predicted molar refractivity (Wildman–Crippen MR) is 128 cm³/mol. The third-order valence-corrected chi connectivity index (χ3v) is 8.46. The Morgan fingerprint density at radius 1 is 1.17 bits per heavy atom. The molecule has 186 valence electrons. The summed E-state index contributed by atoms with van der Waals surface area (Å²) in [6.07, 6.45) is -0.0375. The van der Waals surface area contributed by atoms with E-state index in [-0.39, 0.29) is 5.88 Å². The zero-order chi connectivity index (χ0) is 25.4. The Balaban J connectivity index is 1.64. The van der Waals surface area contributed by atoms with Crippen molar-refractivity contribution in [2.24, 2.45) is 15.1 Å². The number of benzene rings is 1. The second-order valence-corrected chi connectivity index (χ2v) is 11.1. The first kappa shape index (κ1) is 24.8. The van der Waals surface area contributed by atoms with E-state index in [2.05, 4.69) is 19.5 Å². The summed E-state index contributed by atoms with van der Waals surface area (Å²) in [5, 5.41) is 4.01. The summed E-state index contributed by atoms with van der Waals surface area (Å²) in [4.78, 5) is 12.8. The van der Waals surface area contributed by atoms with Gasteiger partial charge in [0.2, 0.25) is 5.88 Å². The van der Waals surface area contributed by atoms with Gasteiger partial charge in [-0.2, -0.15) is 0 Å². The number of nitrogens with zero attached hydrogens (tertiary/aromatic N) is 5. The summed E-state index contributed by atoms with van der Waals surface area (Å²) < 4.78 is 54.0. The van der Waals surface area contributed by atoms with E-state index in [1.165, 1.54) is 18.5 Å². The Morgan fingerprint density at radius 2 is 1.94 bits per heavy atom. The lowest BCUT2D eigenvalue weighted by Gasteiger charge is -2.40. The fourth-order valence-electron chi connectivity index (χ4n) is 3.73. The maximum Gasteiger partial charge on any atom is 0.272 e. The fraction of sp³-hybridized carbons (Fsp3) is 0.391. The maximum absolute atomic E-state index is 15.0.